The number of hydrogen-bond donors (Lipinski definition) is 1. The maximum atomic E-state index is 5.93. The summed E-state index contributed by atoms with van der Waals surface area (Å²) in [6.45, 7) is 1.86. The molecule has 1 aliphatic carbocycles. The highest BCUT2D eigenvalue weighted by molar-refractivity contribution is 6.29. The second-order valence-corrected chi connectivity index (χ2v) is 5.22. The van der Waals surface area contributed by atoms with Gasteiger partial charge in [0.05, 0.1) is 0 Å². The average Bonchev–Trinajstić information content (AvgIpc) is 2.63. The lowest BCUT2D eigenvalue weighted by atomic mass is 10.1. The molecule has 0 spiro atoms. The minimum atomic E-state index is 0.454. The summed E-state index contributed by atoms with van der Waals surface area (Å²) in [6, 6.07) is 2.82. The van der Waals surface area contributed by atoms with Crippen molar-refractivity contribution < 1.29 is 0 Å². The summed E-state index contributed by atoms with van der Waals surface area (Å²) in [4.78, 5) is 10.7. The Morgan fingerprint density at radius 3 is 2.76 bits per heavy atom. The van der Waals surface area contributed by atoms with Gasteiger partial charge in [-0.05, 0) is 40.3 Å². The molecule has 1 fully saturated rings. The molecule has 0 radical (unpaired) electrons. The molecule has 2 atom stereocenters. The molecule has 4 nitrogen and oxygen atoms in total. The lowest BCUT2D eigenvalue weighted by molar-refractivity contribution is 0.285. The predicted octanol–water partition coefficient (Wildman–Crippen LogP) is 2.33. The fraction of sp³-hybridized carbons (Fsp3) is 0.667. The van der Waals surface area contributed by atoms with Gasteiger partial charge < -0.3 is 10.2 Å². The zero-order chi connectivity index (χ0) is 12.4. The van der Waals surface area contributed by atoms with Gasteiger partial charge in [-0.1, -0.05) is 11.6 Å². The Balaban J connectivity index is 2.09. The number of rotatable bonds is 3. The molecule has 1 saturated carbocycles. The number of hydrogen-bond acceptors (Lipinski definition) is 4. The van der Waals surface area contributed by atoms with E-state index in [1.165, 1.54) is 19.3 Å². The first-order valence-electron chi connectivity index (χ1n) is 6.00. The minimum Gasteiger partial charge on any atom is -0.366 e. The van der Waals surface area contributed by atoms with Crippen molar-refractivity contribution in [3.8, 4) is 0 Å². The van der Waals surface area contributed by atoms with Gasteiger partial charge in [0.2, 0.25) is 0 Å². The van der Waals surface area contributed by atoms with E-state index in [-0.39, 0.29) is 0 Å². The first-order chi connectivity index (χ1) is 8.06. The normalized spacial score (nSPS) is 24.3. The van der Waals surface area contributed by atoms with Crippen molar-refractivity contribution in [2.24, 2.45) is 0 Å². The van der Waals surface area contributed by atoms with Gasteiger partial charge in [-0.15, -0.1) is 0 Å². The van der Waals surface area contributed by atoms with Crippen molar-refractivity contribution in [1.29, 1.82) is 0 Å². The van der Waals surface area contributed by atoms with E-state index in [4.69, 9.17) is 11.6 Å². The Labute approximate surface area is 107 Å². The highest BCUT2D eigenvalue weighted by Crippen LogP contribution is 2.25. The molecule has 0 unspecified atom stereocenters. The van der Waals surface area contributed by atoms with Crippen molar-refractivity contribution in [1.82, 2.24) is 14.9 Å². The van der Waals surface area contributed by atoms with Crippen LogP contribution in [0, 0.1) is 6.92 Å². The van der Waals surface area contributed by atoms with Crippen LogP contribution in [0.1, 0.15) is 25.1 Å². The molecule has 0 saturated heterocycles. The van der Waals surface area contributed by atoms with Gasteiger partial charge in [0.25, 0.3) is 0 Å². The smallest absolute Gasteiger partial charge is 0.134 e. The lowest BCUT2D eigenvalue weighted by Gasteiger charge is -2.27. The Bertz CT molecular complexity index is 374. The lowest BCUT2D eigenvalue weighted by Crippen LogP contribution is -2.39. The Hall–Kier alpha value is -0.870. The van der Waals surface area contributed by atoms with Crippen LogP contribution in [0.4, 0.5) is 5.82 Å². The summed E-state index contributed by atoms with van der Waals surface area (Å²) in [5.74, 6) is 1.54. The molecule has 0 bridgehead atoms. The quantitative estimate of drug-likeness (QED) is 0.841. The third-order valence-electron chi connectivity index (χ3n) is 3.28. The van der Waals surface area contributed by atoms with Gasteiger partial charge in [0.1, 0.15) is 16.8 Å². The van der Waals surface area contributed by atoms with Crippen molar-refractivity contribution >= 4 is 17.4 Å². The van der Waals surface area contributed by atoms with E-state index in [0.717, 1.165) is 5.82 Å². The van der Waals surface area contributed by atoms with Crippen LogP contribution in [0.2, 0.25) is 5.15 Å². The number of likely N-dealkylation sites (N-methyl/N-ethyl adjacent to an activating group) is 1. The van der Waals surface area contributed by atoms with E-state index in [1.807, 2.05) is 6.92 Å². The highest BCUT2D eigenvalue weighted by atomic mass is 35.5. The van der Waals surface area contributed by atoms with Crippen molar-refractivity contribution in [3.63, 3.8) is 0 Å². The second kappa shape index (κ2) is 5.19. The fourth-order valence-electron chi connectivity index (χ4n) is 2.52. The van der Waals surface area contributed by atoms with Gasteiger partial charge in [0, 0.05) is 18.2 Å². The summed E-state index contributed by atoms with van der Waals surface area (Å²) < 4.78 is 0. The molecule has 0 aliphatic heterocycles. The zero-order valence-corrected chi connectivity index (χ0v) is 11.3. The van der Waals surface area contributed by atoms with Gasteiger partial charge in [0.15, 0.2) is 0 Å². The van der Waals surface area contributed by atoms with Crippen LogP contribution in [0.5, 0.6) is 0 Å². The molecule has 1 heterocycles. The number of aromatic nitrogens is 2. The largest absolute Gasteiger partial charge is 0.366 e. The molecule has 0 amide bonds. The molecule has 0 aromatic carbocycles. The van der Waals surface area contributed by atoms with E-state index in [2.05, 4.69) is 34.3 Å². The first-order valence-corrected chi connectivity index (χ1v) is 6.38. The van der Waals surface area contributed by atoms with Crippen LogP contribution in [0.25, 0.3) is 0 Å². The van der Waals surface area contributed by atoms with Gasteiger partial charge in [-0.25, -0.2) is 9.97 Å². The molecule has 1 N–H and O–H groups in total. The van der Waals surface area contributed by atoms with Crippen LogP contribution in [0.3, 0.4) is 0 Å². The number of nitrogens with one attached hydrogen (secondary N) is 1. The summed E-state index contributed by atoms with van der Waals surface area (Å²) in [5, 5.41) is 3.98. The third-order valence-corrected chi connectivity index (χ3v) is 3.48. The van der Waals surface area contributed by atoms with E-state index in [0.29, 0.717) is 23.1 Å². The van der Waals surface area contributed by atoms with Crippen molar-refractivity contribution in [3.05, 3.63) is 17.0 Å². The van der Waals surface area contributed by atoms with Crippen LogP contribution in [0.15, 0.2) is 6.07 Å². The van der Waals surface area contributed by atoms with Crippen LogP contribution in [-0.2, 0) is 0 Å². The van der Waals surface area contributed by atoms with Gasteiger partial charge in [-0.2, -0.15) is 0 Å². The first kappa shape index (κ1) is 12.6. The summed E-state index contributed by atoms with van der Waals surface area (Å²) in [7, 11) is 4.26. The third kappa shape index (κ3) is 3.07. The average molecular weight is 255 g/mol. The van der Waals surface area contributed by atoms with E-state index in [1.54, 1.807) is 6.07 Å². The Morgan fingerprint density at radius 2 is 2.12 bits per heavy atom. The van der Waals surface area contributed by atoms with Crippen LogP contribution >= 0.6 is 11.6 Å². The molecule has 1 aliphatic rings. The topological polar surface area (TPSA) is 41.1 Å². The second-order valence-electron chi connectivity index (χ2n) is 4.84. The van der Waals surface area contributed by atoms with Crippen LogP contribution in [-0.4, -0.2) is 41.0 Å². The molecule has 5 heteroatoms. The molecule has 94 valence electrons. The van der Waals surface area contributed by atoms with Crippen LogP contribution < -0.4 is 5.32 Å². The molecular formula is C12H19ClN4. The standard InChI is InChI=1S/C12H19ClN4/c1-8-14-11(13)7-12(15-8)16-9-5-4-6-10(9)17(2)3/h7,9-10H,4-6H2,1-3H3,(H,14,15,16)/t9-,10-/m1/s1. The molecule has 2 rings (SSSR count). The van der Waals surface area contributed by atoms with Crippen molar-refractivity contribution in [2.45, 2.75) is 38.3 Å². The Kier molecular flexibility index (Phi) is 3.84. The maximum absolute atomic E-state index is 5.93. The number of anilines is 1. The monoisotopic (exact) mass is 254 g/mol. The molecule has 1 aromatic heterocycles. The van der Waals surface area contributed by atoms with E-state index in [9.17, 15) is 0 Å². The summed E-state index contributed by atoms with van der Waals surface area (Å²) in [5.41, 5.74) is 0. The van der Waals surface area contributed by atoms with E-state index >= 15 is 0 Å². The molecular weight excluding hydrogens is 236 g/mol. The van der Waals surface area contributed by atoms with Gasteiger partial charge >= 0.3 is 0 Å². The number of halogens is 1. The SMILES string of the molecule is Cc1nc(Cl)cc(N[C@@H]2CCC[C@H]2N(C)C)n1. The maximum Gasteiger partial charge on any atom is 0.134 e. The molecule has 17 heavy (non-hydrogen) atoms. The summed E-state index contributed by atoms with van der Waals surface area (Å²) in [6.07, 6.45) is 3.68. The summed E-state index contributed by atoms with van der Waals surface area (Å²) >= 11 is 5.93. The zero-order valence-electron chi connectivity index (χ0n) is 10.6. The predicted molar refractivity (Wildman–Crippen MR) is 70.5 cm³/mol. The number of aryl methyl sites for hydroxylation is 1. The van der Waals surface area contributed by atoms with Crippen molar-refractivity contribution in [2.75, 3.05) is 19.4 Å². The Morgan fingerprint density at radius 1 is 1.35 bits per heavy atom. The minimum absolute atomic E-state index is 0.454. The van der Waals surface area contributed by atoms with E-state index < -0.39 is 0 Å². The molecule has 1 aromatic rings. The fourth-order valence-corrected chi connectivity index (χ4v) is 2.75. The highest BCUT2D eigenvalue weighted by Gasteiger charge is 2.28. The van der Waals surface area contributed by atoms with Gasteiger partial charge in [-0.3, -0.25) is 0 Å². The number of nitrogens with zero attached hydrogens (tertiary/aromatic N) is 3.